The second-order valence-corrected chi connectivity index (χ2v) is 5.34. The summed E-state index contributed by atoms with van der Waals surface area (Å²) in [5, 5.41) is 22.7. The van der Waals surface area contributed by atoms with Crippen molar-refractivity contribution in [2.45, 2.75) is 19.3 Å². The van der Waals surface area contributed by atoms with Gasteiger partial charge in [0.25, 0.3) is 0 Å². The summed E-state index contributed by atoms with van der Waals surface area (Å²) in [6, 6.07) is 7.15. The molecule has 8 nitrogen and oxygen atoms in total. The second kappa shape index (κ2) is 5.92. The van der Waals surface area contributed by atoms with Crippen LogP contribution in [0.2, 0.25) is 0 Å². The van der Waals surface area contributed by atoms with Gasteiger partial charge in [-0.25, -0.2) is 4.68 Å². The third-order valence-corrected chi connectivity index (χ3v) is 3.88. The van der Waals surface area contributed by atoms with Crippen molar-refractivity contribution in [3.05, 3.63) is 30.6 Å². The van der Waals surface area contributed by atoms with Gasteiger partial charge in [-0.15, -0.1) is 5.10 Å². The third-order valence-electron chi connectivity index (χ3n) is 3.88. The average Bonchev–Trinajstić information content (AvgIpc) is 3.19. The smallest absolute Gasteiger partial charge is 0.306 e. The molecule has 0 unspecified atom stereocenters. The lowest BCUT2D eigenvalue weighted by Gasteiger charge is -2.11. The van der Waals surface area contributed by atoms with Crippen LogP contribution in [0.4, 0.5) is 5.69 Å². The number of nitrogens with zero attached hydrogens (tertiary/aromatic N) is 4. The maximum absolute atomic E-state index is 12.2. The summed E-state index contributed by atoms with van der Waals surface area (Å²) in [5.41, 5.74) is 1.37. The molecule has 1 aliphatic carbocycles. The van der Waals surface area contributed by atoms with E-state index in [1.165, 1.54) is 11.0 Å². The Morgan fingerprint density at radius 3 is 2.77 bits per heavy atom. The standard InChI is InChI=1S/C14H15N5O3/c20-13(9-4-5-10(6-9)14(21)22)16-11-2-1-3-12(7-11)19-8-15-17-18-19/h1-3,7-10H,4-6H2,(H,16,20)(H,21,22)/t9-,10+/m0/s1. The van der Waals surface area contributed by atoms with Crippen LogP contribution in [-0.4, -0.2) is 37.2 Å². The van der Waals surface area contributed by atoms with Crippen LogP contribution in [0.3, 0.4) is 0 Å². The summed E-state index contributed by atoms with van der Waals surface area (Å²) in [5.74, 6) is -1.63. The van der Waals surface area contributed by atoms with Gasteiger partial charge in [-0.3, -0.25) is 9.59 Å². The summed E-state index contributed by atoms with van der Waals surface area (Å²) < 4.78 is 1.49. The van der Waals surface area contributed by atoms with Crippen LogP contribution in [0.5, 0.6) is 0 Å². The van der Waals surface area contributed by atoms with Crippen LogP contribution in [0.1, 0.15) is 19.3 Å². The Bertz CT molecular complexity index is 686. The molecule has 1 aromatic heterocycles. The molecule has 2 aromatic rings. The van der Waals surface area contributed by atoms with Crippen molar-refractivity contribution in [1.29, 1.82) is 0 Å². The molecule has 1 aromatic carbocycles. The number of carboxylic acid groups (broad SMARTS) is 1. The van der Waals surface area contributed by atoms with E-state index in [9.17, 15) is 9.59 Å². The summed E-state index contributed by atoms with van der Waals surface area (Å²) >= 11 is 0. The van der Waals surface area contributed by atoms with Gasteiger partial charge in [-0.1, -0.05) is 6.07 Å². The lowest BCUT2D eigenvalue weighted by Crippen LogP contribution is -2.21. The van der Waals surface area contributed by atoms with Crippen LogP contribution in [-0.2, 0) is 9.59 Å². The number of aliphatic carboxylic acids is 1. The molecule has 0 bridgehead atoms. The number of nitrogens with one attached hydrogen (secondary N) is 1. The van der Waals surface area contributed by atoms with Gasteiger partial charge in [0, 0.05) is 11.6 Å². The fourth-order valence-corrected chi connectivity index (χ4v) is 2.69. The predicted molar refractivity (Wildman–Crippen MR) is 76.3 cm³/mol. The molecule has 0 radical (unpaired) electrons. The van der Waals surface area contributed by atoms with E-state index in [0.717, 1.165) is 5.69 Å². The predicted octanol–water partition coefficient (Wildman–Crippen LogP) is 1.10. The highest BCUT2D eigenvalue weighted by Crippen LogP contribution is 2.32. The first-order valence-corrected chi connectivity index (χ1v) is 7.00. The van der Waals surface area contributed by atoms with Gasteiger partial charge >= 0.3 is 5.97 Å². The molecule has 2 atom stereocenters. The van der Waals surface area contributed by atoms with Gasteiger partial charge in [0.2, 0.25) is 5.91 Å². The molecule has 0 aliphatic heterocycles. The molecule has 1 amide bonds. The number of hydrogen-bond acceptors (Lipinski definition) is 5. The summed E-state index contributed by atoms with van der Waals surface area (Å²) in [7, 11) is 0. The first kappa shape index (κ1) is 14.2. The first-order chi connectivity index (χ1) is 10.6. The zero-order valence-corrected chi connectivity index (χ0v) is 11.7. The molecule has 2 N–H and O–H groups in total. The molecule has 1 aliphatic rings. The Morgan fingerprint density at radius 1 is 1.27 bits per heavy atom. The highest BCUT2D eigenvalue weighted by Gasteiger charge is 2.33. The molecule has 22 heavy (non-hydrogen) atoms. The number of carbonyl (C=O) groups is 2. The third kappa shape index (κ3) is 2.95. The number of hydrogen-bond donors (Lipinski definition) is 2. The highest BCUT2D eigenvalue weighted by atomic mass is 16.4. The van der Waals surface area contributed by atoms with Gasteiger partial charge < -0.3 is 10.4 Å². The van der Waals surface area contributed by atoms with E-state index in [-0.39, 0.29) is 11.8 Å². The fourth-order valence-electron chi connectivity index (χ4n) is 2.69. The number of rotatable bonds is 4. The van der Waals surface area contributed by atoms with Crippen molar-refractivity contribution in [2.24, 2.45) is 11.8 Å². The summed E-state index contributed by atoms with van der Waals surface area (Å²) in [4.78, 5) is 23.2. The Balaban J connectivity index is 1.67. The van der Waals surface area contributed by atoms with E-state index in [1.54, 1.807) is 18.2 Å². The zero-order chi connectivity index (χ0) is 15.5. The maximum Gasteiger partial charge on any atom is 0.306 e. The number of carbonyl (C=O) groups excluding carboxylic acids is 1. The van der Waals surface area contributed by atoms with E-state index in [0.29, 0.717) is 24.9 Å². The maximum atomic E-state index is 12.2. The normalized spacial score (nSPS) is 20.7. The van der Waals surface area contributed by atoms with Gasteiger partial charge in [0.05, 0.1) is 11.6 Å². The largest absolute Gasteiger partial charge is 0.481 e. The Kier molecular flexibility index (Phi) is 3.82. The molecule has 3 rings (SSSR count). The van der Waals surface area contributed by atoms with Crippen LogP contribution in [0.25, 0.3) is 5.69 Å². The van der Waals surface area contributed by atoms with Gasteiger partial charge in [-0.2, -0.15) is 0 Å². The van der Waals surface area contributed by atoms with Crippen LogP contribution >= 0.6 is 0 Å². The molecular formula is C14H15N5O3. The Hall–Kier alpha value is -2.77. The average molecular weight is 301 g/mol. The fraction of sp³-hybridized carbons (Fsp3) is 0.357. The number of aromatic nitrogens is 4. The number of tetrazole rings is 1. The van der Waals surface area contributed by atoms with Crippen molar-refractivity contribution in [1.82, 2.24) is 20.2 Å². The van der Waals surface area contributed by atoms with Gasteiger partial charge in [-0.05, 0) is 47.9 Å². The van der Waals surface area contributed by atoms with Crippen LogP contribution in [0, 0.1) is 11.8 Å². The lowest BCUT2D eigenvalue weighted by molar-refractivity contribution is -0.141. The summed E-state index contributed by atoms with van der Waals surface area (Å²) in [6.45, 7) is 0. The molecular weight excluding hydrogens is 286 g/mol. The second-order valence-electron chi connectivity index (χ2n) is 5.34. The number of benzene rings is 1. The minimum atomic E-state index is -0.823. The lowest BCUT2D eigenvalue weighted by atomic mass is 10.0. The first-order valence-electron chi connectivity index (χ1n) is 7.00. The minimum absolute atomic E-state index is 0.141. The van der Waals surface area contributed by atoms with E-state index < -0.39 is 11.9 Å². The monoisotopic (exact) mass is 301 g/mol. The van der Waals surface area contributed by atoms with Crippen LogP contribution in [0.15, 0.2) is 30.6 Å². The van der Waals surface area contributed by atoms with E-state index in [1.807, 2.05) is 6.07 Å². The molecule has 1 fully saturated rings. The molecule has 0 spiro atoms. The van der Waals surface area contributed by atoms with Gasteiger partial charge in [0.15, 0.2) is 0 Å². The van der Waals surface area contributed by atoms with Crippen molar-refractivity contribution < 1.29 is 14.7 Å². The molecule has 8 heteroatoms. The van der Waals surface area contributed by atoms with E-state index in [2.05, 4.69) is 20.8 Å². The Morgan fingerprint density at radius 2 is 2.09 bits per heavy atom. The molecule has 1 saturated carbocycles. The molecule has 114 valence electrons. The van der Waals surface area contributed by atoms with Crippen molar-refractivity contribution in [3.8, 4) is 5.69 Å². The quantitative estimate of drug-likeness (QED) is 0.875. The number of anilines is 1. The van der Waals surface area contributed by atoms with Crippen molar-refractivity contribution in [3.63, 3.8) is 0 Å². The van der Waals surface area contributed by atoms with Crippen molar-refractivity contribution in [2.75, 3.05) is 5.32 Å². The zero-order valence-electron chi connectivity index (χ0n) is 11.7. The van der Waals surface area contributed by atoms with E-state index >= 15 is 0 Å². The topological polar surface area (TPSA) is 110 Å². The van der Waals surface area contributed by atoms with Crippen molar-refractivity contribution >= 4 is 17.6 Å². The number of carboxylic acids is 1. The van der Waals surface area contributed by atoms with Gasteiger partial charge in [0.1, 0.15) is 6.33 Å². The minimum Gasteiger partial charge on any atom is -0.481 e. The number of amides is 1. The van der Waals surface area contributed by atoms with Crippen LogP contribution < -0.4 is 5.32 Å². The molecule has 0 saturated heterocycles. The SMILES string of the molecule is O=C(O)[C@@H]1CC[C@H](C(=O)Nc2cccc(-n3cnnn3)c2)C1. The van der Waals surface area contributed by atoms with E-state index in [4.69, 9.17) is 5.11 Å². The summed E-state index contributed by atoms with van der Waals surface area (Å²) in [6.07, 6.45) is 3.02. The Labute approximate surface area is 126 Å². The molecule has 1 heterocycles. The highest BCUT2D eigenvalue weighted by molar-refractivity contribution is 5.93.